The molecule has 0 atom stereocenters. The second kappa shape index (κ2) is 5.90. The summed E-state index contributed by atoms with van der Waals surface area (Å²) in [6, 6.07) is 24.8. The smallest absolute Gasteiger partial charge is 0.219 e. The van der Waals surface area contributed by atoms with Crippen molar-refractivity contribution < 1.29 is 4.40 Å². The van der Waals surface area contributed by atoms with Gasteiger partial charge in [-0.2, -0.15) is 0 Å². The second-order valence-corrected chi connectivity index (χ2v) is 6.00. The van der Waals surface area contributed by atoms with Crippen molar-refractivity contribution >= 4 is 17.2 Å². The quantitative estimate of drug-likeness (QED) is 0.488. The number of fused-ring (bicyclic) bond motifs is 1. The number of hydrogen-bond donors (Lipinski definition) is 0. The fraction of sp³-hybridized carbons (Fsp3) is 0.0500. The second-order valence-electron chi connectivity index (χ2n) is 5.56. The monoisotopic (exact) mass is 319 g/mol. The van der Waals surface area contributed by atoms with Crippen LogP contribution in [-0.4, -0.2) is 4.57 Å². The summed E-state index contributed by atoms with van der Waals surface area (Å²) in [6.45, 7) is 0.833. The van der Waals surface area contributed by atoms with Gasteiger partial charge in [0.15, 0.2) is 5.69 Å². The molecule has 3 heteroatoms. The van der Waals surface area contributed by atoms with Crippen LogP contribution in [0.4, 0.5) is 0 Å². The Morgan fingerprint density at radius 3 is 2.35 bits per heavy atom. The molecule has 0 radical (unpaired) electrons. The zero-order valence-corrected chi connectivity index (χ0v) is 13.3. The number of benzene rings is 2. The van der Waals surface area contributed by atoms with Gasteiger partial charge in [0.1, 0.15) is 12.7 Å². The van der Waals surface area contributed by atoms with Crippen LogP contribution in [0.5, 0.6) is 0 Å². The number of aromatic nitrogens is 2. The summed E-state index contributed by atoms with van der Waals surface area (Å²) in [5.41, 5.74) is 4.79. The molecular weight excluding hydrogens is 304 g/mol. The average molecular weight is 320 g/mol. The molecule has 2 heterocycles. The minimum atomic E-state index is 0.757. The van der Waals surface area contributed by atoms with Gasteiger partial charge in [-0.15, -0.1) is 0 Å². The molecule has 0 N–H and O–H groups in total. The van der Waals surface area contributed by atoms with Gasteiger partial charge in [0.05, 0.1) is 6.20 Å². The fourth-order valence-electron chi connectivity index (χ4n) is 2.89. The van der Waals surface area contributed by atoms with E-state index >= 15 is 0 Å². The van der Waals surface area contributed by atoms with E-state index in [9.17, 15) is 0 Å². The molecule has 0 fully saturated rings. The normalized spacial score (nSPS) is 11.0. The summed E-state index contributed by atoms with van der Waals surface area (Å²) in [7, 11) is 0. The van der Waals surface area contributed by atoms with Gasteiger partial charge < -0.3 is 0 Å². The van der Waals surface area contributed by atoms with E-state index in [-0.39, 0.29) is 0 Å². The molecule has 0 aliphatic heterocycles. The van der Waals surface area contributed by atoms with Crippen molar-refractivity contribution in [3.05, 3.63) is 95.8 Å². The highest BCUT2D eigenvalue weighted by Crippen LogP contribution is 2.23. The molecule has 0 spiro atoms. The van der Waals surface area contributed by atoms with Crippen LogP contribution in [0.1, 0.15) is 5.56 Å². The molecule has 112 valence electrons. The van der Waals surface area contributed by atoms with Crippen LogP contribution in [0.3, 0.4) is 0 Å². The van der Waals surface area contributed by atoms with E-state index < -0.39 is 0 Å². The highest BCUT2D eigenvalue weighted by Gasteiger charge is 2.18. The molecule has 0 saturated heterocycles. The third-order valence-corrected chi connectivity index (χ3v) is 4.27. The van der Waals surface area contributed by atoms with Gasteiger partial charge >= 0.3 is 0 Å². The molecule has 0 aliphatic rings. The highest BCUT2D eigenvalue weighted by molar-refractivity contribution is 6.30. The van der Waals surface area contributed by atoms with Gasteiger partial charge in [0, 0.05) is 16.7 Å². The number of hydrogen-bond acceptors (Lipinski definition) is 0. The molecule has 4 aromatic rings. The Hall–Kier alpha value is -2.58. The van der Waals surface area contributed by atoms with E-state index in [2.05, 4.69) is 69.9 Å². The highest BCUT2D eigenvalue weighted by atomic mass is 35.5. The number of halogens is 1. The van der Waals surface area contributed by atoms with E-state index in [0.29, 0.717) is 0 Å². The molecule has 2 nitrogen and oxygen atoms in total. The Bertz CT molecular complexity index is 940. The van der Waals surface area contributed by atoms with Crippen molar-refractivity contribution in [2.45, 2.75) is 6.54 Å². The standard InChI is InChI=1S/C20H16ClN2/c21-18-11-9-17(10-12-18)19-15-22-13-5-4-8-20(22)23(19)14-16-6-2-1-3-7-16/h1-13,15H,14H2/q+1. The molecule has 2 aromatic heterocycles. The molecule has 2 aromatic carbocycles. The molecule has 0 bridgehead atoms. The zero-order valence-electron chi connectivity index (χ0n) is 12.6. The first-order valence-electron chi connectivity index (χ1n) is 7.61. The van der Waals surface area contributed by atoms with Crippen molar-refractivity contribution in [2.75, 3.05) is 0 Å². The average Bonchev–Trinajstić information content (AvgIpc) is 2.95. The first-order valence-corrected chi connectivity index (χ1v) is 7.98. The van der Waals surface area contributed by atoms with Gasteiger partial charge in [0.2, 0.25) is 0 Å². The van der Waals surface area contributed by atoms with Crippen molar-refractivity contribution in [1.82, 2.24) is 4.57 Å². The summed E-state index contributed by atoms with van der Waals surface area (Å²) in [5.74, 6) is 0. The molecular formula is C20H16ClN2+. The summed E-state index contributed by atoms with van der Waals surface area (Å²) in [6.07, 6.45) is 4.25. The first kappa shape index (κ1) is 14.0. The van der Waals surface area contributed by atoms with Crippen LogP contribution in [0, 0.1) is 0 Å². The number of nitrogens with zero attached hydrogens (tertiary/aromatic N) is 2. The summed E-state index contributed by atoms with van der Waals surface area (Å²) < 4.78 is 4.49. The van der Waals surface area contributed by atoms with Gasteiger partial charge in [-0.05, 0) is 35.9 Å². The number of pyridine rings is 1. The Morgan fingerprint density at radius 2 is 1.57 bits per heavy atom. The number of imidazole rings is 1. The lowest BCUT2D eigenvalue weighted by Gasteiger charge is -2.04. The van der Waals surface area contributed by atoms with Crippen LogP contribution in [-0.2, 0) is 6.54 Å². The minimum absolute atomic E-state index is 0.757. The predicted octanol–water partition coefficient (Wildman–Crippen LogP) is 4.60. The summed E-state index contributed by atoms with van der Waals surface area (Å²) in [4.78, 5) is 0. The minimum Gasteiger partial charge on any atom is -0.219 e. The van der Waals surface area contributed by atoms with Gasteiger partial charge in [-0.1, -0.05) is 48.0 Å². The maximum Gasteiger partial charge on any atom is 0.286 e. The Labute approximate surface area is 140 Å². The van der Waals surface area contributed by atoms with Crippen molar-refractivity contribution in [3.63, 3.8) is 0 Å². The molecule has 0 amide bonds. The third-order valence-electron chi connectivity index (χ3n) is 4.02. The van der Waals surface area contributed by atoms with Crippen LogP contribution < -0.4 is 4.40 Å². The molecule has 0 saturated carbocycles. The van der Waals surface area contributed by atoms with E-state index in [4.69, 9.17) is 11.6 Å². The van der Waals surface area contributed by atoms with E-state index in [1.54, 1.807) is 0 Å². The summed E-state index contributed by atoms with van der Waals surface area (Å²) >= 11 is 6.04. The Kier molecular flexibility index (Phi) is 3.60. The van der Waals surface area contributed by atoms with E-state index in [1.807, 2.05) is 24.3 Å². The lowest BCUT2D eigenvalue weighted by molar-refractivity contribution is -0.510. The zero-order chi connectivity index (χ0) is 15.6. The summed E-state index contributed by atoms with van der Waals surface area (Å²) in [5, 5.41) is 0.757. The predicted molar refractivity (Wildman–Crippen MR) is 93.6 cm³/mol. The van der Waals surface area contributed by atoms with Crippen LogP contribution in [0.15, 0.2) is 85.2 Å². The van der Waals surface area contributed by atoms with Gasteiger partial charge in [-0.3, -0.25) is 0 Å². The molecule has 23 heavy (non-hydrogen) atoms. The lowest BCUT2D eigenvalue weighted by atomic mass is 10.1. The third kappa shape index (κ3) is 2.73. The molecule has 0 unspecified atom stereocenters. The van der Waals surface area contributed by atoms with Crippen molar-refractivity contribution in [3.8, 4) is 11.3 Å². The van der Waals surface area contributed by atoms with Gasteiger partial charge in [0.25, 0.3) is 5.65 Å². The molecule has 0 aliphatic carbocycles. The lowest BCUT2D eigenvalue weighted by Crippen LogP contribution is -2.18. The first-order chi connectivity index (χ1) is 11.3. The van der Waals surface area contributed by atoms with Gasteiger partial charge in [-0.25, -0.2) is 8.97 Å². The van der Waals surface area contributed by atoms with Crippen LogP contribution in [0.2, 0.25) is 5.02 Å². The molecule has 4 rings (SSSR count). The maximum absolute atomic E-state index is 6.04. The Morgan fingerprint density at radius 1 is 0.826 bits per heavy atom. The van der Waals surface area contributed by atoms with Crippen molar-refractivity contribution in [2.24, 2.45) is 0 Å². The fourth-order valence-corrected chi connectivity index (χ4v) is 3.02. The topological polar surface area (TPSA) is 9.03 Å². The number of rotatable bonds is 3. The largest absolute Gasteiger partial charge is 0.286 e. The van der Waals surface area contributed by atoms with Crippen LogP contribution >= 0.6 is 11.6 Å². The maximum atomic E-state index is 6.04. The SMILES string of the molecule is Clc1ccc(-c2c[n+]3ccccc3n2Cc2ccccc2)cc1. The van der Waals surface area contributed by atoms with Crippen molar-refractivity contribution in [1.29, 1.82) is 0 Å². The van der Waals surface area contributed by atoms with Crippen LogP contribution in [0.25, 0.3) is 16.9 Å². The van der Waals surface area contributed by atoms with E-state index in [1.165, 1.54) is 16.9 Å². The van der Waals surface area contributed by atoms with E-state index in [0.717, 1.165) is 17.1 Å². The Balaban J connectivity index is 1.89.